The number of hydrogen-bond donors (Lipinski definition) is 3. The van der Waals surface area contributed by atoms with E-state index >= 15 is 0 Å². The number of nitrogens with one attached hydrogen (secondary N) is 3. The summed E-state index contributed by atoms with van der Waals surface area (Å²) in [5.41, 5.74) is 6.57. The molecule has 1 unspecified atom stereocenters. The lowest BCUT2D eigenvalue weighted by molar-refractivity contribution is 0.554. The summed E-state index contributed by atoms with van der Waals surface area (Å²) >= 11 is 12.3. The summed E-state index contributed by atoms with van der Waals surface area (Å²) in [4.78, 5) is 2.32. The topological polar surface area (TPSA) is 39.3 Å². The summed E-state index contributed by atoms with van der Waals surface area (Å²) in [6.45, 7) is 4.33. The summed E-state index contributed by atoms with van der Waals surface area (Å²) in [6.07, 6.45) is 4.57. The molecule has 0 saturated carbocycles. The molecule has 2 atom stereocenters. The van der Waals surface area contributed by atoms with Gasteiger partial charge in [-0.2, -0.15) is 0 Å². The highest BCUT2D eigenvalue weighted by Crippen LogP contribution is 2.43. The summed E-state index contributed by atoms with van der Waals surface area (Å²) in [5, 5.41) is 12.5. The Labute approximate surface area is 204 Å². The number of rotatable bonds is 5. The fraction of sp³-hybridized carbons (Fsp3) is 0.185. The Morgan fingerprint density at radius 3 is 2.21 bits per heavy atom. The van der Waals surface area contributed by atoms with Gasteiger partial charge in [0.2, 0.25) is 0 Å². The van der Waals surface area contributed by atoms with Crippen LogP contribution < -0.4 is 20.9 Å². The largest absolute Gasteiger partial charge is 0.372 e. The molecule has 5 rings (SSSR count). The summed E-state index contributed by atoms with van der Waals surface area (Å²) in [7, 11) is 0. The number of hydrogen-bond acceptors (Lipinski definition) is 4. The van der Waals surface area contributed by atoms with E-state index in [2.05, 4.69) is 83.2 Å². The average Bonchev–Trinajstić information content (AvgIpc) is 2.80. The van der Waals surface area contributed by atoms with Crippen molar-refractivity contribution in [3.05, 3.63) is 106 Å². The van der Waals surface area contributed by atoms with Crippen LogP contribution in [-0.4, -0.2) is 18.1 Å². The first kappa shape index (κ1) is 21.9. The van der Waals surface area contributed by atoms with E-state index in [1.165, 1.54) is 5.70 Å². The molecular formula is C27H26Cl2N4. The minimum atomic E-state index is 0.00981. The molecule has 0 fully saturated rings. The van der Waals surface area contributed by atoms with Crippen LogP contribution in [0.4, 0.5) is 22.7 Å². The van der Waals surface area contributed by atoms with Crippen molar-refractivity contribution in [2.45, 2.75) is 32.0 Å². The van der Waals surface area contributed by atoms with Gasteiger partial charge in [0.15, 0.2) is 0 Å². The van der Waals surface area contributed by atoms with Gasteiger partial charge in [-0.25, -0.2) is 0 Å². The van der Waals surface area contributed by atoms with Crippen LogP contribution in [0.3, 0.4) is 0 Å². The number of nitrogens with zero attached hydrogens (tertiary/aromatic N) is 1. The molecule has 4 nitrogen and oxygen atoms in total. The van der Waals surface area contributed by atoms with Gasteiger partial charge in [-0.05, 0) is 86.7 Å². The first-order valence-electron chi connectivity index (χ1n) is 11.1. The lowest BCUT2D eigenvalue weighted by atomic mass is 9.94. The monoisotopic (exact) mass is 476 g/mol. The third-order valence-corrected chi connectivity index (χ3v) is 6.29. The Kier molecular flexibility index (Phi) is 6.07. The van der Waals surface area contributed by atoms with Crippen LogP contribution in [0.1, 0.15) is 13.8 Å². The standard InChI is InChI=1S/C27H26Cl2N4/c1-17(2)30-24-16-27-25(15-23(24)31-20-11-7-18(28)8-12-20)32-22-5-3-4-6-26(22)33(27)21-13-9-19(29)10-14-21/h3-17,24-25,30-32H,1-2H3/t24-,25?/m1/s1. The molecule has 6 heteroatoms. The average molecular weight is 477 g/mol. The summed E-state index contributed by atoms with van der Waals surface area (Å²) < 4.78 is 0. The van der Waals surface area contributed by atoms with Gasteiger partial charge in [0.25, 0.3) is 0 Å². The quantitative estimate of drug-likeness (QED) is 0.364. The van der Waals surface area contributed by atoms with Crippen molar-refractivity contribution >= 4 is 46.0 Å². The minimum Gasteiger partial charge on any atom is -0.372 e. The predicted octanol–water partition coefficient (Wildman–Crippen LogP) is 7.19. The zero-order chi connectivity index (χ0) is 22.9. The molecule has 0 bridgehead atoms. The SMILES string of the molecule is CC(C)N[C@@H]1C=C2C(C=C1Nc1ccc(Cl)cc1)Nc1ccccc1N2c1ccc(Cl)cc1. The van der Waals surface area contributed by atoms with Gasteiger partial charge in [-0.1, -0.05) is 35.3 Å². The van der Waals surface area contributed by atoms with Gasteiger partial charge in [-0.15, -0.1) is 0 Å². The van der Waals surface area contributed by atoms with E-state index in [1.807, 2.05) is 36.4 Å². The molecule has 0 spiro atoms. The molecule has 1 aliphatic heterocycles. The molecule has 3 aromatic rings. The smallest absolute Gasteiger partial charge is 0.0872 e. The third kappa shape index (κ3) is 4.60. The van der Waals surface area contributed by atoms with E-state index in [4.69, 9.17) is 23.2 Å². The number of fused-ring (bicyclic) bond motifs is 2. The van der Waals surface area contributed by atoms with E-state index in [0.29, 0.717) is 6.04 Å². The number of halogens is 2. The van der Waals surface area contributed by atoms with Crippen molar-refractivity contribution in [2.75, 3.05) is 15.5 Å². The van der Waals surface area contributed by atoms with E-state index < -0.39 is 0 Å². The van der Waals surface area contributed by atoms with Crippen molar-refractivity contribution in [1.82, 2.24) is 5.32 Å². The molecule has 1 aliphatic carbocycles. The second kappa shape index (κ2) is 9.14. The highest BCUT2D eigenvalue weighted by Gasteiger charge is 2.34. The molecule has 2 aliphatic rings. The van der Waals surface area contributed by atoms with Crippen LogP contribution in [0.15, 0.2) is 96.3 Å². The molecule has 168 valence electrons. The van der Waals surface area contributed by atoms with Crippen molar-refractivity contribution in [2.24, 2.45) is 0 Å². The van der Waals surface area contributed by atoms with Gasteiger partial charge in [0, 0.05) is 38.9 Å². The fourth-order valence-electron chi connectivity index (χ4n) is 4.35. The van der Waals surface area contributed by atoms with Gasteiger partial charge in [-0.3, -0.25) is 0 Å². The molecule has 0 radical (unpaired) electrons. The van der Waals surface area contributed by atoms with Gasteiger partial charge >= 0.3 is 0 Å². The number of para-hydroxylation sites is 2. The first-order chi connectivity index (χ1) is 16.0. The molecule has 3 N–H and O–H groups in total. The Balaban J connectivity index is 1.58. The zero-order valence-electron chi connectivity index (χ0n) is 18.5. The molecule has 3 aromatic carbocycles. The second-order valence-electron chi connectivity index (χ2n) is 8.60. The second-order valence-corrected chi connectivity index (χ2v) is 9.47. The third-order valence-electron chi connectivity index (χ3n) is 5.78. The number of anilines is 4. The molecule has 33 heavy (non-hydrogen) atoms. The van der Waals surface area contributed by atoms with E-state index in [0.717, 1.165) is 38.5 Å². The summed E-state index contributed by atoms with van der Waals surface area (Å²) in [5.74, 6) is 0. The van der Waals surface area contributed by atoms with Crippen molar-refractivity contribution in [3.8, 4) is 0 Å². The van der Waals surface area contributed by atoms with Crippen molar-refractivity contribution in [1.29, 1.82) is 0 Å². The zero-order valence-corrected chi connectivity index (χ0v) is 20.0. The molecule has 0 amide bonds. The van der Waals surface area contributed by atoms with Gasteiger partial charge < -0.3 is 20.9 Å². The number of benzene rings is 3. The van der Waals surface area contributed by atoms with Crippen molar-refractivity contribution in [3.63, 3.8) is 0 Å². The molecule has 0 saturated heterocycles. The maximum atomic E-state index is 6.19. The lowest BCUT2D eigenvalue weighted by Crippen LogP contribution is -2.45. The summed E-state index contributed by atoms with van der Waals surface area (Å²) in [6, 6.07) is 24.5. The van der Waals surface area contributed by atoms with Crippen LogP contribution in [0.2, 0.25) is 10.0 Å². The predicted molar refractivity (Wildman–Crippen MR) is 141 cm³/mol. The van der Waals surface area contributed by atoms with Gasteiger partial charge in [0.05, 0.1) is 23.5 Å². The van der Waals surface area contributed by atoms with Crippen LogP contribution in [0.5, 0.6) is 0 Å². The Bertz CT molecular complexity index is 1200. The van der Waals surface area contributed by atoms with Crippen molar-refractivity contribution < 1.29 is 0 Å². The Morgan fingerprint density at radius 1 is 0.848 bits per heavy atom. The maximum absolute atomic E-state index is 6.19. The highest BCUT2D eigenvalue weighted by atomic mass is 35.5. The fourth-order valence-corrected chi connectivity index (χ4v) is 4.61. The van der Waals surface area contributed by atoms with Crippen LogP contribution in [-0.2, 0) is 0 Å². The maximum Gasteiger partial charge on any atom is 0.0872 e. The highest BCUT2D eigenvalue weighted by molar-refractivity contribution is 6.30. The molecular weight excluding hydrogens is 451 g/mol. The lowest BCUT2D eigenvalue weighted by Gasteiger charge is -2.42. The van der Waals surface area contributed by atoms with E-state index in [9.17, 15) is 0 Å². The van der Waals surface area contributed by atoms with Gasteiger partial charge in [0.1, 0.15) is 0 Å². The molecule has 0 aromatic heterocycles. The van der Waals surface area contributed by atoms with Crippen LogP contribution >= 0.6 is 23.2 Å². The normalized spacial score (nSPS) is 19.2. The van der Waals surface area contributed by atoms with E-state index in [-0.39, 0.29) is 12.1 Å². The Morgan fingerprint density at radius 2 is 1.52 bits per heavy atom. The Hall–Kier alpha value is -2.92. The van der Waals surface area contributed by atoms with Crippen LogP contribution in [0, 0.1) is 0 Å². The minimum absolute atomic E-state index is 0.00981. The molecule has 1 heterocycles. The van der Waals surface area contributed by atoms with E-state index in [1.54, 1.807) is 0 Å². The first-order valence-corrected chi connectivity index (χ1v) is 11.9. The van der Waals surface area contributed by atoms with Crippen LogP contribution in [0.25, 0.3) is 0 Å².